The standard InChI is InChI=1S/C20H14ClF3N4O4/c1-31-19-14(5-6-15(21)28-19)32-13-4-2-3-11(20(22,23)24)16(13)18(30)27-10-7-8-26-12(9-10)17(25)29/h2-9H,1H3,(H2,25,29)(H,26,27,30). The van der Waals surface area contributed by atoms with Crippen LogP contribution >= 0.6 is 11.6 Å². The number of aromatic nitrogens is 2. The number of carbonyl (C=O) groups excluding carboxylic acids is 2. The molecule has 0 atom stereocenters. The molecule has 8 nitrogen and oxygen atoms in total. The zero-order valence-corrected chi connectivity index (χ0v) is 17.0. The smallest absolute Gasteiger partial charge is 0.417 e. The molecule has 166 valence electrons. The number of amides is 2. The zero-order chi connectivity index (χ0) is 23.5. The lowest BCUT2D eigenvalue weighted by molar-refractivity contribution is -0.138. The first kappa shape index (κ1) is 22.8. The van der Waals surface area contributed by atoms with Crippen LogP contribution in [0.5, 0.6) is 17.4 Å². The Bertz CT molecular complexity index is 1190. The van der Waals surface area contributed by atoms with E-state index in [2.05, 4.69) is 15.3 Å². The predicted octanol–water partition coefficient (Wildman–Crippen LogP) is 4.30. The lowest BCUT2D eigenvalue weighted by Gasteiger charge is -2.18. The van der Waals surface area contributed by atoms with Gasteiger partial charge >= 0.3 is 6.18 Å². The third-order valence-electron chi connectivity index (χ3n) is 4.03. The Kier molecular flexibility index (Phi) is 6.49. The molecule has 0 spiro atoms. The van der Waals surface area contributed by atoms with Crippen molar-refractivity contribution >= 4 is 29.1 Å². The Morgan fingerprint density at radius 3 is 2.53 bits per heavy atom. The summed E-state index contributed by atoms with van der Waals surface area (Å²) in [5.74, 6) is -2.59. The molecule has 0 aliphatic rings. The first-order valence-corrected chi connectivity index (χ1v) is 9.13. The van der Waals surface area contributed by atoms with Gasteiger partial charge in [0.25, 0.3) is 17.7 Å². The Labute approximate surface area is 184 Å². The van der Waals surface area contributed by atoms with E-state index in [0.29, 0.717) is 0 Å². The quantitative estimate of drug-likeness (QED) is 0.523. The number of carbonyl (C=O) groups is 2. The average Bonchev–Trinajstić information content (AvgIpc) is 2.74. The van der Waals surface area contributed by atoms with E-state index in [1.54, 1.807) is 0 Å². The maximum absolute atomic E-state index is 13.7. The van der Waals surface area contributed by atoms with Crippen molar-refractivity contribution in [3.63, 3.8) is 0 Å². The maximum Gasteiger partial charge on any atom is 0.417 e. The van der Waals surface area contributed by atoms with Crippen molar-refractivity contribution in [2.45, 2.75) is 6.18 Å². The number of halogens is 4. The van der Waals surface area contributed by atoms with Crippen LogP contribution in [-0.4, -0.2) is 28.9 Å². The first-order chi connectivity index (χ1) is 15.1. The molecule has 0 saturated heterocycles. The molecule has 0 saturated carbocycles. The van der Waals surface area contributed by atoms with Crippen molar-refractivity contribution in [1.29, 1.82) is 0 Å². The van der Waals surface area contributed by atoms with Crippen molar-refractivity contribution in [3.8, 4) is 17.4 Å². The Morgan fingerprint density at radius 1 is 1.12 bits per heavy atom. The van der Waals surface area contributed by atoms with Crippen molar-refractivity contribution < 1.29 is 32.2 Å². The van der Waals surface area contributed by atoms with Crippen molar-refractivity contribution in [3.05, 3.63) is 70.6 Å². The van der Waals surface area contributed by atoms with E-state index in [4.69, 9.17) is 26.8 Å². The van der Waals surface area contributed by atoms with Gasteiger partial charge in [-0.3, -0.25) is 14.6 Å². The van der Waals surface area contributed by atoms with Crippen LogP contribution in [0.15, 0.2) is 48.7 Å². The van der Waals surface area contributed by atoms with Gasteiger partial charge in [0.15, 0.2) is 5.75 Å². The average molecular weight is 467 g/mol. The molecular weight excluding hydrogens is 453 g/mol. The molecular formula is C20H14ClF3N4O4. The molecule has 12 heteroatoms. The van der Waals surface area contributed by atoms with Gasteiger partial charge in [0.2, 0.25) is 0 Å². The lowest BCUT2D eigenvalue weighted by atomic mass is 10.0. The highest BCUT2D eigenvalue weighted by atomic mass is 35.5. The third-order valence-corrected chi connectivity index (χ3v) is 4.24. The molecule has 3 N–H and O–H groups in total. The number of hydrogen-bond donors (Lipinski definition) is 2. The van der Waals surface area contributed by atoms with Crippen molar-refractivity contribution in [2.75, 3.05) is 12.4 Å². The topological polar surface area (TPSA) is 116 Å². The number of anilines is 1. The second-order valence-corrected chi connectivity index (χ2v) is 6.56. The molecule has 0 radical (unpaired) electrons. The van der Waals surface area contributed by atoms with Crippen LogP contribution in [0.25, 0.3) is 0 Å². The molecule has 1 aromatic carbocycles. The molecule has 3 aromatic rings. The molecule has 0 aliphatic carbocycles. The molecule has 2 amide bonds. The minimum absolute atomic E-state index is 0.00691. The number of primary amides is 1. The van der Waals surface area contributed by atoms with Crippen LogP contribution in [-0.2, 0) is 6.18 Å². The van der Waals surface area contributed by atoms with Gasteiger partial charge in [-0.2, -0.15) is 18.2 Å². The summed E-state index contributed by atoms with van der Waals surface area (Å²) in [6.07, 6.45) is -3.70. The van der Waals surface area contributed by atoms with E-state index < -0.39 is 34.9 Å². The fourth-order valence-electron chi connectivity index (χ4n) is 2.67. The number of nitrogens with zero attached hydrogens (tertiary/aromatic N) is 2. The highest BCUT2D eigenvalue weighted by Crippen LogP contribution is 2.39. The fraction of sp³-hybridized carbons (Fsp3) is 0.100. The van der Waals surface area contributed by atoms with Gasteiger partial charge < -0.3 is 20.5 Å². The fourth-order valence-corrected chi connectivity index (χ4v) is 2.81. The lowest BCUT2D eigenvalue weighted by Crippen LogP contribution is -2.20. The first-order valence-electron chi connectivity index (χ1n) is 8.76. The summed E-state index contributed by atoms with van der Waals surface area (Å²) in [5.41, 5.74) is 2.94. The summed E-state index contributed by atoms with van der Waals surface area (Å²) in [4.78, 5) is 31.8. The van der Waals surface area contributed by atoms with E-state index in [9.17, 15) is 22.8 Å². The number of nitrogens with one attached hydrogen (secondary N) is 1. The zero-order valence-electron chi connectivity index (χ0n) is 16.2. The number of nitrogens with two attached hydrogens (primary N) is 1. The largest absolute Gasteiger partial charge is 0.478 e. The third kappa shape index (κ3) is 5.06. The van der Waals surface area contributed by atoms with Gasteiger partial charge in [-0.15, -0.1) is 0 Å². The van der Waals surface area contributed by atoms with E-state index in [1.807, 2.05) is 0 Å². The normalized spacial score (nSPS) is 11.0. The summed E-state index contributed by atoms with van der Waals surface area (Å²) in [5, 5.41) is 2.36. The van der Waals surface area contributed by atoms with E-state index in [-0.39, 0.29) is 28.2 Å². The van der Waals surface area contributed by atoms with Gasteiger partial charge in [0.1, 0.15) is 16.6 Å². The Balaban J connectivity index is 2.06. The van der Waals surface area contributed by atoms with Gasteiger partial charge in [0, 0.05) is 11.9 Å². The van der Waals surface area contributed by atoms with Gasteiger partial charge in [-0.05, 0) is 36.4 Å². The van der Waals surface area contributed by atoms with E-state index in [1.165, 1.54) is 37.6 Å². The summed E-state index contributed by atoms with van der Waals surface area (Å²) in [7, 11) is 1.27. The number of pyridine rings is 2. The minimum Gasteiger partial charge on any atom is -0.478 e. The molecule has 0 bridgehead atoms. The molecule has 2 aromatic heterocycles. The van der Waals surface area contributed by atoms with Crippen LogP contribution < -0.4 is 20.5 Å². The summed E-state index contributed by atoms with van der Waals surface area (Å²) in [6.45, 7) is 0. The van der Waals surface area contributed by atoms with Crippen LogP contribution in [0.3, 0.4) is 0 Å². The van der Waals surface area contributed by atoms with Crippen molar-refractivity contribution in [2.24, 2.45) is 5.73 Å². The van der Waals surface area contributed by atoms with Crippen LogP contribution in [0.4, 0.5) is 18.9 Å². The molecule has 32 heavy (non-hydrogen) atoms. The highest BCUT2D eigenvalue weighted by molar-refractivity contribution is 6.29. The number of ether oxygens (including phenoxy) is 2. The van der Waals surface area contributed by atoms with Crippen LogP contribution in [0, 0.1) is 0 Å². The van der Waals surface area contributed by atoms with Gasteiger partial charge in [-0.1, -0.05) is 17.7 Å². The monoisotopic (exact) mass is 466 g/mol. The highest BCUT2D eigenvalue weighted by Gasteiger charge is 2.37. The molecule has 2 heterocycles. The second-order valence-electron chi connectivity index (χ2n) is 6.17. The SMILES string of the molecule is COc1nc(Cl)ccc1Oc1cccc(C(F)(F)F)c1C(=O)Nc1ccnc(C(N)=O)c1. The number of methoxy groups -OCH3 is 1. The van der Waals surface area contributed by atoms with E-state index >= 15 is 0 Å². The number of rotatable bonds is 6. The van der Waals surface area contributed by atoms with Crippen LogP contribution in [0.1, 0.15) is 26.4 Å². The summed E-state index contributed by atoms with van der Waals surface area (Å²) in [6, 6.07) is 8.09. The number of benzene rings is 1. The predicted molar refractivity (Wildman–Crippen MR) is 108 cm³/mol. The maximum atomic E-state index is 13.7. The Morgan fingerprint density at radius 2 is 1.88 bits per heavy atom. The van der Waals surface area contributed by atoms with Gasteiger partial charge in [0.05, 0.1) is 18.2 Å². The van der Waals surface area contributed by atoms with Gasteiger partial charge in [-0.25, -0.2) is 0 Å². The minimum atomic E-state index is -4.87. The van der Waals surface area contributed by atoms with E-state index in [0.717, 1.165) is 18.2 Å². The summed E-state index contributed by atoms with van der Waals surface area (Å²) < 4.78 is 51.6. The number of hydrogen-bond acceptors (Lipinski definition) is 6. The molecule has 0 aliphatic heterocycles. The summed E-state index contributed by atoms with van der Waals surface area (Å²) >= 11 is 5.79. The van der Waals surface area contributed by atoms with Crippen LogP contribution in [0.2, 0.25) is 5.15 Å². The molecule has 0 fully saturated rings. The second kappa shape index (κ2) is 9.10. The van der Waals surface area contributed by atoms with Crippen molar-refractivity contribution in [1.82, 2.24) is 9.97 Å². The molecule has 0 unspecified atom stereocenters. The Hall–Kier alpha value is -3.86. The number of alkyl halides is 3. The molecule has 3 rings (SSSR count).